The van der Waals surface area contributed by atoms with Crippen molar-refractivity contribution in [3.8, 4) is 0 Å². The van der Waals surface area contributed by atoms with Gasteiger partial charge < -0.3 is 10.6 Å². The first kappa shape index (κ1) is 17.4. The molecule has 0 atom stereocenters. The lowest BCUT2D eigenvalue weighted by Crippen LogP contribution is -2.27. The molecule has 21 heavy (non-hydrogen) atoms. The molecule has 0 aliphatic rings. The number of unbranched alkanes of at least 4 members (excludes halogenated alkanes) is 3. The first-order chi connectivity index (χ1) is 10.1. The third-order valence-corrected chi connectivity index (χ3v) is 3.22. The van der Waals surface area contributed by atoms with Crippen LogP contribution in [0.5, 0.6) is 0 Å². The molecule has 0 spiro atoms. The van der Waals surface area contributed by atoms with E-state index in [2.05, 4.69) is 27.5 Å². The number of rotatable bonds is 9. The molecule has 1 aromatic heterocycles. The van der Waals surface area contributed by atoms with Gasteiger partial charge in [0.2, 0.25) is 0 Å². The lowest BCUT2D eigenvalue weighted by molar-refractivity contribution is 0.0948. The minimum atomic E-state index is -0.119. The molecule has 5 heteroatoms. The zero-order chi connectivity index (χ0) is 15.7. The Labute approximate surface area is 128 Å². The SMILES string of the molecule is CCCCCCNC(=O)c1nc(C(C)C)ncc1NCC. The molecule has 1 rings (SSSR count). The van der Waals surface area contributed by atoms with Crippen molar-refractivity contribution in [2.24, 2.45) is 0 Å². The van der Waals surface area contributed by atoms with Gasteiger partial charge in [0.05, 0.1) is 11.9 Å². The highest BCUT2D eigenvalue weighted by molar-refractivity contribution is 5.97. The van der Waals surface area contributed by atoms with Gasteiger partial charge in [-0.1, -0.05) is 40.0 Å². The molecule has 0 bridgehead atoms. The molecular formula is C16H28N4O. The van der Waals surface area contributed by atoms with Gasteiger partial charge >= 0.3 is 0 Å². The van der Waals surface area contributed by atoms with Crippen LogP contribution in [0.15, 0.2) is 6.20 Å². The Kier molecular flexibility index (Phi) is 7.72. The van der Waals surface area contributed by atoms with Gasteiger partial charge in [-0.25, -0.2) is 9.97 Å². The van der Waals surface area contributed by atoms with Gasteiger partial charge in [-0.05, 0) is 13.3 Å². The minimum Gasteiger partial charge on any atom is -0.382 e. The van der Waals surface area contributed by atoms with Crippen LogP contribution in [-0.2, 0) is 0 Å². The molecule has 0 saturated carbocycles. The number of hydrogen-bond donors (Lipinski definition) is 2. The van der Waals surface area contributed by atoms with E-state index in [9.17, 15) is 4.79 Å². The van der Waals surface area contributed by atoms with Crippen molar-refractivity contribution < 1.29 is 4.79 Å². The largest absolute Gasteiger partial charge is 0.382 e. The fraction of sp³-hybridized carbons (Fsp3) is 0.688. The monoisotopic (exact) mass is 292 g/mol. The molecule has 0 unspecified atom stereocenters. The first-order valence-corrected chi connectivity index (χ1v) is 7.99. The molecule has 0 aliphatic heterocycles. The van der Waals surface area contributed by atoms with Crippen molar-refractivity contribution in [2.75, 3.05) is 18.4 Å². The molecule has 118 valence electrons. The number of nitrogens with zero attached hydrogens (tertiary/aromatic N) is 2. The van der Waals surface area contributed by atoms with Crippen molar-refractivity contribution in [2.45, 2.75) is 59.3 Å². The van der Waals surface area contributed by atoms with Crippen LogP contribution < -0.4 is 10.6 Å². The highest BCUT2D eigenvalue weighted by Crippen LogP contribution is 2.16. The Morgan fingerprint density at radius 1 is 1.24 bits per heavy atom. The second-order valence-electron chi connectivity index (χ2n) is 5.49. The standard InChI is InChI=1S/C16H28N4O/c1-5-7-8-9-10-18-16(21)14-13(17-6-2)11-19-15(20-14)12(3)4/h11-12,17H,5-10H2,1-4H3,(H,18,21). The van der Waals surface area contributed by atoms with Crippen LogP contribution in [0.2, 0.25) is 0 Å². The van der Waals surface area contributed by atoms with E-state index in [4.69, 9.17) is 0 Å². The number of carbonyl (C=O) groups is 1. The van der Waals surface area contributed by atoms with Crippen molar-refractivity contribution >= 4 is 11.6 Å². The minimum absolute atomic E-state index is 0.119. The number of carbonyl (C=O) groups excluding carboxylic acids is 1. The Morgan fingerprint density at radius 3 is 2.62 bits per heavy atom. The second-order valence-corrected chi connectivity index (χ2v) is 5.49. The Balaban J connectivity index is 2.72. The van der Waals surface area contributed by atoms with Crippen LogP contribution in [0.25, 0.3) is 0 Å². The van der Waals surface area contributed by atoms with Crippen LogP contribution in [0.1, 0.15) is 75.6 Å². The quantitative estimate of drug-likeness (QED) is 0.685. The topological polar surface area (TPSA) is 66.9 Å². The molecule has 0 aromatic carbocycles. The molecule has 2 N–H and O–H groups in total. The maximum atomic E-state index is 12.3. The van der Waals surface area contributed by atoms with Crippen molar-refractivity contribution in [3.63, 3.8) is 0 Å². The number of hydrogen-bond acceptors (Lipinski definition) is 4. The van der Waals surface area contributed by atoms with Gasteiger partial charge in [-0.2, -0.15) is 0 Å². The highest BCUT2D eigenvalue weighted by Gasteiger charge is 2.15. The molecule has 1 amide bonds. The first-order valence-electron chi connectivity index (χ1n) is 7.99. The van der Waals surface area contributed by atoms with Crippen molar-refractivity contribution in [1.82, 2.24) is 15.3 Å². The summed E-state index contributed by atoms with van der Waals surface area (Å²) in [5, 5.41) is 6.10. The maximum absolute atomic E-state index is 12.3. The van der Waals surface area contributed by atoms with Crippen molar-refractivity contribution in [1.29, 1.82) is 0 Å². The van der Waals surface area contributed by atoms with Crippen LogP contribution in [0, 0.1) is 0 Å². The summed E-state index contributed by atoms with van der Waals surface area (Å²) in [7, 11) is 0. The van der Waals surface area contributed by atoms with E-state index >= 15 is 0 Å². The second kappa shape index (κ2) is 9.32. The van der Waals surface area contributed by atoms with Crippen LogP contribution in [0.4, 0.5) is 5.69 Å². The molecule has 0 aliphatic carbocycles. The fourth-order valence-corrected chi connectivity index (χ4v) is 2.00. The summed E-state index contributed by atoms with van der Waals surface area (Å²) in [6.07, 6.45) is 6.28. The maximum Gasteiger partial charge on any atom is 0.272 e. The van der Waals surface area contributed by atoms with E-state index in [0.717, 1.165) is 19.4 Å². The van der Waals surface area contributed by atoms with Gasteiger partial charge in [0.25, 0.3) is 5.91 Å². The van der Waals surface area contributed by atoms with Gasteiger partial charge in [0.1, 0.15) is 5.82 Å². The van der Waals surface area contributed by atoms with Crippen LogP contribution in [0.3, 0.4) is 0 Å². The Bertz CT molecular complexity index is 446. The van der Waals surface area contributed by atoms with E-state index in [1.807, 2.05) is 20.8 Å². The normalized spacial score (nSPS) is 10.7. The molecule has 0 radical (unpaired) electrons. The molecular weight excluding hydrogens is 264 g/mol. The smallest absolute Gasteiger partial charge is 0.272 e. The number of aromatic nitrogens is 2. The van der Waals surface area contributed by atoms with Gasteiger partial charge in [-0.3, -0.25) is 4.79 Å². The average molecular weight is 292 g/mol. The zero-order valence-corrected chi connectivity index (χ0v) is 13.7. The third kappa shape index (κ3) is 5.69. The van der Waals surface area contributed by atoms with E-state index in [1.165, 1.54) is 12.8 Å². The predicted octanol–water partition coefficient (Wildman–Crippen LogP) is 3.34. The molecule has 1 aromatic rings. The summed E-state index contributed by atoms with van der Waals surface area (Å²) in [6.45, 7) is 9.65. The predicted molar refractivity (Wildman–Crippen MR) is 86.8 cm³/mol. The summed E-state index contributed by atoms with van der Waals surface area (Å²) in [5.74, 6) is 0.788. The molecule has 0 fully saturated rings. The summed E-state index contributed by atoms with van der Waals surface area (Å²) >= 11 is 0. The van der Waals surface area contributed by atoms with Gasteiger partial charge in [0.15, 0.2) is 5.69 Å². The van der Waals surface area contributed by atoms with E-state index in [0.29, 0.717) is 23.8 Å². The summed E-state index contributed by atoms with van der Waals surface area (Å²) in [5.41, 5.74) is 1.15. The summed E-state index contributed by atoms with van der Waals surface area (Å²) in [6, 6.07) is 0. The number of nitrogens with one attached hydrogen (secondary N) is 2. The Hall–Kier alpha value is -1.65. The molecule has 0 saturated heterocycles. The average Bonchev–Trinajstić information content (AvgIpc) is 2.47. The zero-order valence-electron chi connectivity index (χ0n) is 13.7. The van der Waals surface area contributed by atoms with Crippen molar-refractivity contribution in [3.05, 3.63) is 17.7 Å². The Morgan fingerprint density at radius 2 is 2.00 bits per heavy atom. The fourth-order valence-electron chi connectivity index (χ4n) is 2.00. The highest BCUT2D eigenvalue weighted by atomic mass is 16.1. The van der Waals surface area contributed by atoms with Crippen LogP contribution in [-0.4, -0.2) is 29.0 Å². The van der Waals surface area contributed by atoms with E-state index in [1.54, 1.807) is 6.20 Å². The van der Waals surface area contributed by atoms with E-state index in [-0.39, 0.29) is 11.8 Å². The third-order valence-electron chi connectivity index (χ3n) is 3.22. The van der Waals surface area contributed by atoms with Crippen LogP contribution >= 0.6 is 0 Å². The van der Waals surface area contributed by atoms with E-state index < -0.39 is 0 Å². The molecule has 1 heterocycles. The van der Waals surface area contributed by atoms with Gasteiger partial charge in [-0.15, -0.1) is 0 Å². The summed E-state index contributed by atoms with van der Waals surface area (Å²) in [4.78, 5) is 21.0. The number of amides is 1. The number of anilines is 1. The summed E-state index contributed by atoms with van der Waals surface area (Å²) < 4.78 is 0. The van der Waals surface area contributed by atoms with Gasteiger partial charge in [0, 0.05) is 19.0 Å². The molecule has 5 nitrogen and oxygen atoms in total. The lowest BCUT2D eigenvalue weighted by atomic mass is 10.2. The lowest BCUT2D eigenvalue weighted by Gasteiger charge is -2.12.